The monoisotopic (exact) mass is 413 g/mol. The van der Waals surface area contributed by atoms with Crippen LogP contribution in [-0.4, -0.2) is 17.8 Å². The van der Waals surface area contributed by atoms with Gasteiger partial charge in [0.15, 0.2) is 0 Å². The number of anilines is 1. The number of piperidine rings is 1. The number of nitrogens with zero attached hydrogens (tertiary/aromatic N) is 1. The average Bonchev–Trinajstić information content (AvgIpc) is 2.61. The number of hydrogen-bond donors (Lipinski definition) is 0. The van der Waals surface area contributed by atoms with Crippen LogP contribution in [0.1, 0.15) is 25.3 Å². The third-order valence-electron chi connectivity index (χ3n) is 5.15. The first-order valence-electron chi connectivity index (χ1n) is 8.27. The van der Waals surface area contributed by atoms with Crippen molar-refractivity contribution >= 4 is 39.4 Å². The molecule has 2 aromatic carbocycles. The summed E-state index contributed by atoms with van der Waals surface area (Å²) in [5.41, 5.74) is 0.224. The lowest BCUT2D eigenvalue weighted by Gasteiger charge is -2.47. The molecule has 5 nitrogen and oxygen atoms in total. The van der Waals surface area contributed by atoms with Crippen molar-refractivity contribution in [1.82, 2.24) is 0 Å². The van der Waals surface area contributed by atoms with E-state index < -0.39 is 29.1 Å². The van der Waals surface area contributed by atoms with Crippen molar-refractivity contribution in [3.05, 3.63) is 58.6 Å². The van der Waals surface area contributed by atoms with Crippen LogP contribution in [0.5, 0.6) is 5.75 Å². The summed E-state index contributed by atoms with van der Waals surface area (Å²) in [6.45, 7) is 3.56. The summed E-state index contributed by atoms with van der Waals surface area (Å²) in [6.07, 6.45) is 0. The van der Waals surface area contributed by atoms with E-state index in [0.29, 0.717) is 11.4 Å². The second-order valence-electron chi connectivity index (χ2n) is 7.09. The van der Waals surface area contributed by atoms with Gasteiger partial charge in [0.05, 0.1) is 11.1 Å². The fourth-order valence-corrected chi connectivity index (χ4v) is 4.13. The van der Waals surface area contributed by atoms with Gasteiger partial charge in [0, 0.05) is 16.0 Å². The van der Waals surface area contributed by atoms with Gasteiger partial charge >= 0.3 is 5.97 Å². The minimum atomic E-state index is -1.04. The van der Waals surface area contributed by atoms with Crippen molar-refractivity contribution < 1.29 is 19.1 Å². The zero-order chi connectivity index (χ0) is 18.6. The fourth-order valence-electron chi connectivity index (χ4n) is 3.86. The topological polar surface area (TPSA) is 63.7 Å². The number of amides is 2. The van der Waals surface area contributed by atoms with Crippen LogP contribution < -0.4 is 9.64 Å². The fraction of sp³-hybridized carbons (Fsp3) is 0.250. The van der Waals surface area contributed by atoms with Crippen LogP contribution in [0.2, 0.25) is 0 Å². The first kappa shape index (κ1) is 17.0. The van der Waals surface area contributed by atoms with Gasteiger partial charge in [-0.25, -0.2) is 4.90 Å². The smallest absolute Gasteiger partial charge is 0.324 e. The normalized spacial score (nSPS) is 24.0. The number of halogens is 1. The third-order valence-corrected chi connectivity index (χ3v) is 5.68. The van der Waals surface area contributed by atoms with Crippen molar-refractivity contribution in [3.63, 3.8) is 0 Å². The number of carbonyl (C=O) groups is 3. The van der Waals surface area contributed by atoms with Gasteiger partial charge in [-0.3, -0.25) is 14.4 Å². The van der Waals surface area contributed by atoms with Crippen molar-refractivity contribution in [2.45, 2.75) is 19.8 Å². The number of para-hydroxylation sites is 1. The van der Waals surface area contributed by atoms with E-state index in [0.717, 1.165) is 14.9 Å². The van der Waals surface area contributed by atoms with Crippen molar-refractivity contribution in [2.75, 3.05) is 4.90 Å². The van der Waals surface area contributed by atoms with E-state index in [9.17, 15) is 14.4 Å². The van der Waals surface area contributed by atoms with E-state index in [1.165, 1.54) is 0 Å². The highest BCUT2D eigenvalue weighted by molar-refractivity contribution is 9.10. The summed E-state index contributed by atoms with van der Waals surface area (Å²) < 4.78 is 6.23. The largest absolute Gasteiger partial charge is 0.426 e. The van der Waals surface area contributed by atoms with Crippen LogP contribution in [0, 0.1) is 11.3 Å². The van der Waals surface area contributed by atoms with Gasteiger partial charge in [0.25, 0.3) is 0 Å². The number of hydrogen-bond acceptors (Lipinski definition) is 4. The van der Waals surface area contributed by atoms with E-state index in [4.69, 9.17) is 4.74 Å². The minimum absolute atomic E-state index is 0.324. The lowest BCUT2D eigenvalue weighted by Crippen LogP contribution is -2.61. The highest BCUT2D eigenvalue weighted by atomic mass is 79.9. The van der Waals surface area contributed by atoms with Crippen molar-refractivity contribution in [3.8, 4) is 5.75 Å². The molecular formula is C20H16BrNO4. The number of ether oxygens (including phenoxy) is 1. The molecular weight excluding hydrogens is 398 g/mol. The Hall–Kier alpha value is -2.47. The highest BCUT2D eigenvalue weighted by Gasteiger charge is 2.59. The van der Waals surface area contributed by atoms with Gasteiger partial charge < -0.3 is 4.74 Å². The molecule has 0 aromatic heterocycles. The number of imide groups is 1. The SMILES string of the molecule is CC1(C)C(=O)N(c2ccc(Br)cc2)C(=O)[C@@H]2C(=O)Oc3ccccc3[C@@H]21. The molecule has 4 rings (SSSR count). The summed E-state index contributed by atoms with van der Waals surface area (Å²) in [5, 5.41) is 0. The molecule has 0 aliphatic carbocycles. The molecule has 0 unspecified atom stereocenters. The maximum absolute atomic E-state index is 13.3. The molecule has 2 amide bonds. The van der Waals surface area contributed by atoms with E-state index in [1.807, 2.05) is 12.1 Å². The molecule has 0 spiro atoms. The number of esters is 1. The zero-order valence-electron chi connectivity index (χ0n) is 14.2. The molecule has 1 fully saturated rings. The Morgan fingerprint density at radius 2 is 1.65 bits per heavy atom. The number of rotatable bonds is 1. The summed E-state index contributed by atoms with van der Waals surface area (Å²) >= 11 is 3.34. The van der Waals surface area contributed by atoms with Gasteiger partial charge in [-0.1, -0.05) is 48.0 Å². The molecule has 2 heterocycles. The molecule has 6 heteroatoms. The quantitative estimate of drug-likeness (QED) is 0.309. The second kappa shape index (κ2) is 5.77. The highest BCUT2D eigenvalue weighted by Crippen LogP contribution is 2.52. The number of benzene rings is 2. The standard InChI is InChI=1S/C20H16BrNO4/c1-20(2)16-13-5-3-4-6-14(13)26-18(24)15(16)17(23)22(19(20)25)12-9-7-11(21)8-10-12/h3-10,15-16H,1-2H3/t15-,16+/m1/s1. The Kier molecular flexibility index (Phi) is 3.77. The number of fused-ring (bicyclic) bond motifs is 3. The van der Waals surface area contributed by atoms with Gasteiger partial charge in [-0.2, -0.15) is 0 Å². The zero-order valence-corrected chi connectivity index (χ0v) is 15.8. The van der Waals surface area contributed by atoms with Crippen molar-refractivity contribution in [1.29, 1.82) is 0 Å². The molecule has 0 radical (unpaired) electrons. The molecule has 2 aromatic rings. The molecule has 0 N–H and O–H groups in total. The minimum Gasteiger partial charge on any atom is -0.426 e. The molecule has 1 saturated heterocycles. The first-order valence-corrected chi connectivity index (χ1v) is 9.06. The molecule has 26 heavy (non-hydrogen) atoms. The van der Waals surface area contributed by atoms with Crippen LogP contribution in [0.15, 0.2) is 53.0 Å². The predicted molar refractivity (Wildman–Crippen MR) is 98.7 cm³/mol. The molecule has 132 valence electrons. The van der Waals surface area contributed by atoms with Gasteiger partial charge in [0.1, 0.15) is 11.7 Å². The lowest BCUT2D eigenvalue weighted by molar-refractivity contribution is -0.154. The maximum atomic E-state index is 13.3. The predicted octanol–water partition coefficient (Wildman–Crippen LogP) is 3.67. The van der Waals surface area contributed by atoms with Crippen LogP contribution >= 0.6 is 15.9 Å². The first-order chi connectivity index (χ1) is 12.3. The maximum Gasteiger partial charge on any atom is 0.324 e. The van der Waals surface area contributed by atoms with Crippen molar-refractivity contribution in [2.24, 2.45) is 11.3 Å². The Balaban J connectivity index is 1.87. The van der Waals surface area contributed by atoms with Gasteiger partial charge in [-0.15, -0.1) is 0 Å². The molecule has 2 atom stereocenters. The Morgan fingerprint density at radius 1 is 1.00 bits per heavy atom. The second-order valence-corrected chi connectivity index (χ2v) is 8.01. The van der Waals surface area contributed by atoms with E-state index in [2.05, 4.69) is 15.9 Å². The molecule has 0 saturated carbocycles. The Bertz CT molecular complexity index is 935. The van der Waals surface area contributed by atoms with E-state index in [1.54, 1.807) is 50.2 Å². The summed E-state index contributed by atoms with van der Waals surface area (Å²) in [4.78, 5) is 40.2. The average molecular weight is 414 g/mol. The summed E-state index contributed by atoms with van der Waals surface area (Å²) in [5.74, 6) is -2.64. The molecule has 2 aliphatic rings. The number of carbonyl (C=O) groups excluding carboxylic acids is 3. The van der Waals surface area contributed by atoms with Gasteiger partial charge in [-0.05, 0) is 30.3 Å². The van der Waals surface area contributed by atoms with Crippen LogP contribution in [0.3, 0.4) is 0 Å². The van der Waals surface area contributed by atoms with Crippen LogP contribution in [0.25, 0.3) is 0 Å². The Labute approximate surface area is 159 Å². The summed E-state index contributed by atoms with van der Waals surface area (Å²) in [6, 6.07) is 14.0. The lowest BCUT2D eigenvalue weighted by atomic mass is 9.63. The van der Waals surface area contributed by atoms with Crippen LogP contribution in [-0.2, 0) is 14.4 Å². The van der Waals surface area contributed by atoms with E-state index >= 15 is 0 Å². The van der Waals surface area contributed by atoms with Crippen LogP contribution in [0.4, 0.5) is 5.69 Å². The molecule has 0 bridgehead atoms. The van der Waals surface area contributed by atoms with Gasteiger partial charge in [0.2, 0.25) is 11.8 Å². The third kappa shape index (κ3) is 2.32. The molecule has 2 aliphatic heterocycles. The summed E-state index contributed by atoms with van der Waals surface area (Å²) in [7, 11) is 0. The van der Waals surface area contributed by atoms with E-state index in [-0.39, 0.29) is 5.91 Å². The Morgan fingerprint density at radius 3 is 2.35 bits per heavy atom.